The van der Waals surface area contributed by atoms with E-state index >= 15 is 0 Å². The molecule has 3 nitrogen and oxygen atoms in total. The maximum Gasteiger partial charge on any atom is 0.384 e. The predicted octanol–water partition coefficient (Wildman–Crippen LogP) is 0.551. The number of esters is 1. The van der Waals surface area contributed by atoms with E-state index in [2.05, 4.69) is 21.9 Å². The van der Waals surface area contributed by atoms with E-state index in [0.717, 1.165) is 6.54 Å². The van der Waals surface area contributed by atoms with Gasteiger partial charge in [0.1, 0.15) is 0 Å². The molecule has 0 aliphatic carbocycles. The first-order valence-corrected chi connectivity index (χ1v) is 4.00. The first-order chi connectivity index (χ1) is 5.70. The van der Waals surface area contributed by atoms with Crippen LogP contribution in [0.2, 0.25) is 0 Å². The molecule has 0 aliphatic heterocycles. The van der Waals surface area contributed by atoms with Gasteiger partial charge in [-0.2, -0.15) is 0 Å². The van der Waals surface area contributed by atoms with Crippen molar-refractivity contribution in [1.82, 2.24) is 5.32 Å². The van der Waals surface area contributed by atoms with E-state index in [1.54, 1.807) is 0 Å². The Hall–Kier alpha value is -1.01. The Morgan fingerprint density at radius 1 is 1.67 bits per heavy atom. The lowest BCUT2D eigenvalue weighted by atomic mass is 10.2. The van der Waals surface area contributed by atoms with E-state index in [1.165, 1.54) is 7.11 Å². The summed E-state index contributed by atoms with van der Waals surface area (Å²) in [4.78, 5) is 10.5. The number of methoxy groups -OCH3 is 1. The van der Waals surface area contributed by atoms with Gasteiger partial charge in [0.25, 0.3) is 0 Å². The lowest BCUT2D eigenvalue weighted by Gasteiger charge is -2.06. The van der Waals surface area contributed by atoms with Crippen LogP contribution in [-0.4, -0.2) is 25.7 Å². The van der Waals surface area contributed by atoms with Crippen molar-refractivity contribution in [3.63, 3.8) is 0 Å². The van der Waals surface area contributed by atoms with Gasteiger partial charge >= 0.3 is 5.97 Å². The van der Waals surface area contributed by atoms with Gasteiger partial charge in [0.2, 0.25) is 0 Å². The van der Waals surface area contributed by atoms with Crippen molar-refractivity contribution < 1.29 is 9.53 Å². The number of rotatable bonds is 3. The van der Waals surface area contributed by atoms with Crippen LogP contribution in [0.4, 0.5) is 0 Å². The Morgan fingerprint density at radius 3 is 2.83 bits per heavy atom. The van der Waals surface area contributed by atoms with Crippen molar-refractivity contribution >= 4 is 5.97 Å². The highest BCUT2D eigenvalue weighted by atomic mass is 16.5. The molecule has 0 heterocycles. The molecule has 0 saturated heterocycles. The first kappa shape index (κ1) is 11.0. The molecule has 0 bridgehead atoms. The van der Waals surface area contributed by atoms with E-state index in [9.17, 15) is 4.79 Å². The minimum absolute atomic E-state index is 0.326. The normalized spacial score (nSPS) is 11.2. The molecule has 0 fully saturated rings. The summed E-state index contributed by atoms with van der Waals surface area (Å²) >= 11 is 0. The number of carbonyl (C=O) groups is 1. The third-order valence-electron chi connectivity index (χ3n) is 1.34. The molecule has 68 valence electrons. The molecular formula is C9H15NO2. The van der Waals surface area contributed by atoms with Crippen LogP contribution in [0.3, 0.4) is 0 Å². The number of hydrogen-bond donors (Lipinski definition) is 1. The van der Waals surface area contributed by atoms with Gasteiger partial charge < -0.3 is 10.1 Å². The van der Waals surface area contributed by atoms with E-state index in [4.69, 9.17) is 0 Å². The lowest BCUT2D eigenvalue weighted by Crippen LogP contribution is -2.24. The zero-order chi connectivity index (χ0) is 9.40. The SMILES string of the molecule is CCNC(C)CC#CC(=O)OC. The van der Waals surface area contributed by atoms with Crippen LogP contribution in [0.25, 0.3) is 0 Å². The zero-order valence-electron chi connectivity index (χ0n) is 7.81. The molecule has 1 atom stereocenters. The fourth-order valence-electron chi connectivity index (χ4n) is 0.748. The second kappa shape index (κ2) is 6.68. The van der Waals surface area contributed by atoms with Crippen molar-refractivity contribution in [1.29, 1.82) is 0 Å². The van der Waals surface area contributed by atoms with Gasteiger partial charge in [0, 0.05) is 18.4 Å². The van der Waals surface area contributed by atoms with Crippen LogP contribution < -0.4 is 5.32 Å². The minimum Gasteiger partial charge on any atom is -0.459 e. The predicted molar refractivity (Wildman–Crippen MR) is 47.5 cm³/mol. The smallest absolute Gasteiger partial charge is 0.384 e. The van der Waals surface area contributed by atoms with Crippen molar-refractivity contribution in [2.75, 3.05) is 13.7 Å². The summed E-state index contributed by atoms with van der Waals surface area (Å²) in [6, 6.07) is 0.326. The van der Waals surface area contributed by atoms with Gasteiger partial charge in [-0.25, -0.2) is 4.79 Å². The molecule has 12 heavy (non-hydrogen) atoms. The van der Waals surface area contributed by atoms with Gasteiger partial charge in [-0.1, -0.05) is 12.8 Å². The topological polar surface area (TPSA) is 38.3 Å². The van der Waals surface area contributed by atoms with Gasteiger partial charge in [0.15, 0.2) is 0 Å². The average Bonchev–Trinajstić information content (AvgIpc) is 2.04. The molecule has 0 aromatic rings. The highest BCUT2D eigenvalue weighted by molar-refractivity contribution is 5.88. The van der Waals surface area contributed by atoms with Crippen LogP contribution >= 0.6 is 0 Å². The number of nitrogens with one attached hydrogen (secondary N) is 1. The van der Waals surface area contributed by atoms with Crippen LogP contribution in [0.5, 0.6) is 0 Å². The van der Waals surface area contributed by atoms with E-state index < -0.39 is 5.97 Å². The van der Waals surface area contributed by atoms with Crippen molar-refractivity contribution in [2.24, 2.45) is 0 Å². The summed E-state index contributed by atoms with van der Waals surface area (Å²) in [5.74, 6) is 4.63. The van der Waals surface area contributed by atoms with E-state index in [0.29, 0.717) is 12.5 Å². The third kappa shape index (κ3) is 5.75. The molecule has 0 amide bonds. The largest absolute Gasteiger partial charge is 0.459 e. The quantitative estimate of drug-likeness (QED) is 0.381. The van der Waals surface area contributed by atoms with Crippen LogP contribution in [0.15, 0.2) is 0 Å². The standard InChI is InChI=1S/C9H15NO2/c1-4-10-8(2)6-5-7-9(11)12-3/h8,10H,4,6H2,1-3H3. The molecule has 1 N–H and O–H groups in total. The van der Waals surface area contributed by atoms with E-state index in [-0.39, 0.29) is 0 Å². The second-order valence-corrected chi connectivity index (χ2v) is 2.46. The van der Waals surface area contributed by atoms with Gasteiger partial charge in [0.05, 0.1) is 7.11 Å². The molecule has 0 rings (SSSR count). The fourth-order valence-corrected chi connectivity index (χ4v) is 0.748. The van der Waals surface area contributed by atoms with Crippen molar-refractivity contribution in [3.05, 3.63) is 0 Å². The first-order valence-electron chi connectivity index (χ1n) is 4.00. The Morgan fingerprint density at radius 2 is 2.33 bits per heavy atom. The summed E-state index contributed by atoms with van der Waals surface area (Å²) in [6.45, 7) is 4.97. The maximum atomic E-state index is 10.5. The molecule has 1 unspecified atom stereocenters. The molecule has 0 radical (unpaired) electrons. The molecule has 3 heteroatoms. The summed E-state index contributed by atoms with van der Waals surface area (Å²) in [7, 11) is 1.32. The maximum absolute atomic E-state index is 10.5. The molecule has 0 aromatic heterocycles. The van der Waals surface area contributed by atoms with Crippen molar-refractivity contribution in [3.8, 4) is 11.8 Å². The molecule has 0 aromatic carbocycles. The monoisotopic (exact) mass is 169 g/mol. The summed E-state index contributed by atoms with van der Waals surface area (Å²) < 4.78 is 4.36. The number of carbonyl (C=O) groups excluding carboxylic acids is 1. The Labute approximate surface area is 73.5 Å². The third-order valence-corrected chi connectivity index (χ3v) is 1.34. The molecular weight excluding hydrogens is 154 g/mol. The summed E-state index contributed by atoms with van der Waals surface area (Å²) in [5, 5.41) is 3.18. The Kier molecular flexibility index (Phi) is 6.12. The molecule has 0 spiro atoms. The van der Waals surface area contributed by atoms with Crippen LogP contribution in [-0.2, 0) is 9.53 Å². The zero-order valence-corrected chi connectivity index (χ0v) is 7.81. The average molecular weight is 169 g/mol. The van der Waals surface area contributed by atoms with Gasteiger partial charge in [-0.05, 0) is 13.5 Å². The van der Waals surface area contributed by atoms with Gasteiger partial charge in [-0.15, -0.1) is 0 Å². The van der Waals surface area contributed by atoms with Crippen molar-refractivity contribution in [2.45, 2.75) is 26.3 Å². The van der Waals surface area contributed by atoms with Gasteiger partial charge in [-0.3, -0.25) is 0 Å². The summed E-state index contributed by atoms with van der Waals surface area (Å²) in [6.07, 6.45) is 0.670. The number of hydrogen-bond acceptors (Lipinski definition) is 3. The molecule has 0 saturated carbocycles. The highest BCUT2D eigenvalue weighted by Crippen LogP contribution is 1.86. The highest BCUT2D eigenvalue weighted by Gasteiger charge is 1.95. The summed E-state index contributed by atoms with van der Waals surface area (Å²) in [5.41, 5.74) is 0. The van der Waals surface area contributed by atoms with Crippen LogP contribution in [0.1, 0.15) is 20.3 Å². The molecule has 0 aliphatic rings. The minimum atomic E-state index is -0.473. The van der Waals surface area contributed by atoms with E-state index in [1.807, 2.05) is 13.8 Å². The van der Waals surface area contributed by atoms with Crippen LogP contribution in [0, 0.1) is 11.8 Å². The lowest BCUT2D eigenvalue weighted by molar-refractivity contribution is -0.133. The number of ether oxygens (including phenoxy) is 1. The second-order valence-electron chi connectivity index (χ2n) is 2.46. The fraction of sp³-hybridized carbons (Fsp3) is 0.667. The Balaban J connectivity index is 3.62. The Bertz CT molecular complexity index is 190.